The van der Waals surface area contributed by atoms with E-state index in [2.05, 4.69) is 15.5 Å². The maximum Gasteiger partial charge on any atom is 0.253 e. The van der Waals surface area contributed by atoms with E-state index in [0.717, 1.165) is 16.5 Å². The van der Waals surface area contributed by atoms with Gasteiger partial charge < -0.3 is 20.3 Å². The molecule has 1 fully saturated rings. The number of ether oxygens (including phenoxy) is 1. The van der Waals surface area contributed by atoms with Gasteiger partial charge in [-0.1, -0.05) is 6.92 Å². The van der Waals surface area contributed by atoms with Crippen molar-refractivity contribution in [3.63, 3.8) is 0 Å². The summed E-state index contributed by atoms with van der Waals surface area (Å²) in [7, 11) is -0.672. The van der Waals surface area contributed by atoms with Gasteiger partial charge in [0.05, 0.1) is 23.7 Å². The number of amides is 1. The minimum Gasteiger partial charge on any atom is -0.378 e. The number of nitrogens with zero attached hydrogens (tertiary/aromatic N) is 2. The van der Waals surface area contributed by atoms with Crippen LogP contribution in [0.5, 0.6) is 0 Å². The summed E-state index contributed by atoms with van der Waals surface area (Å²) in [5.74, 6) is -0.281. The summed E-state index contributed by atoms with van der Waals surface area (Å²) >= 11 is 0. The monoisotopic (exact) mass is 398 g/mol. The fourth-order valence-electron chi connectivity index (χ4n) is 2.91. The first-order valence-corrected chi connectivity index (χ1v) is 10.6. The van der Waals surface area contributed by atoms with Crippen molar-refractivity contribution in [2.24, 2.45) is 0 Å². The Balaban J connectivity index is 2.35. The molecule has 1 heterocycles. The van der Waals surface area contributed by atoms with Crippen molar-refractivity contribution < 1.29 is 17.9 Å². The van der Waals surface area contributed by atoms with Gasteiger partial charge >= 0.3 is 0 Å². The predicted octanol–water partition coefficient (Wildman–Crippen LogP) is 0.501. The molecular formula is C18H30N4O4S. The number of likely N-dealkylation sites (N-methyl/N-ethyl adjacent to an activating group) is 1. The minimum atomic E-state index is -3.62. The summed E-state index contributed by atoms with van der Waals surface area (Å²) in [5.41, 5.74) is 1.09. The molecule has 1 aliphatic heterocycles. The second kappa shape index (κ2) is 9.50. The molecule has 0 unspecified atom stereocenters. The first-order valence-electron chi connectivity index (χ1n) is 9.18. The fraction of sp³-hybridized carbons (Fsp3) is 0.611. The van der Waals surface area contributed by atoms with E-state index in [1.807, 2.05) is 13.8 Å². The molecule has 1 aliphatic rings. The lowest BCUT2D eigenvalue weighted by Crippen LogP contribution is -2.41. The number of rotatable bonds is 8. The SMILES string of the molecule is CCN[C@H](C)CNC(=O)c1cc(S(=O)(=O)N(C)C)ccc1N1CCOCC1. The number of sulfonamides is 1. The number of anilines is 1. The fourth-order valence-corrected chi connectivity index (χ4v) is 3.84. The lowest BCUT2D eigenvalue weighted by atomic mass is 10.1. The number of hydrogen-bond acceptors (Lipinski definition) is 6. The van der Waals surface area contributed by atoms with E-state index in [1.165, 1.54) is 20.2 Å². The van der Waals surface area contributed by atoms with E-state index in [0.29, 0.717) is 38.4 Å². The summed E-state index contributed by atoms with van der Waals surface area (Å²) in [6.07, 6.45) is 0. The molecule has 0 radical (unpaired) electrons. The average Bonchev–Trinajstić information content (AvgIpc) is 2.66. The molecule has 9 heteroatoms. The zero-order chi connectivity index (χ0) is 20.0. The second-order valence-electron chi connectivity index (χ2n) is 6.73. The third-order valence-electron chi connectivity index (χ3n) is 4.46. The molecule has 0 aromatic heterocycles. The van der Waals surface area contributed by atoms with Crippen molar-refractivity contribution in [2.45, 2.75) is 24.8 Å². The van der Waals surface area contributed by atoms with Crippen molar-refractivity contribution in [2.75, 3.05) is 58.4 Å². The molecule has 152 valence electrons. The lowest BCUT2D eigenvalue weighted by Gasteiger charge is -2.30. The van der Waals surface area contributed by atoms with Gasteiger partial charge in [-0.25, -0.2) is 12.7 Å². The molecule has 1 aromatic rings. The molecule has 1 aromatic carbocycles. The molecule has 0 aliphatic carbocycles. The normalized spacial score (nSPS) is 16.4. The van der Waals surface area contributed by atoms with E-state index in [1.54, 1.807) is 12.1 Å². The highest BCUT2D eigenvalue weighted by Gasteiger charge is 2.24. The zero-order valence-electron chi connectivity index (χ0n) is 16.5. The molecule has 2 rings (SSSR count). The molecule has 27 heavy (non-hydrogen) atoms. The van der Waals surface area contributed by atoms with Crippen molar-refractivity contribution in [1.82, 2.24) is 14.9 Å². The van der Waals surface area contributed by atoms with E-state index in [4.69, 9.17) is 4.74 Å². The third-order valence-corrected chi connectivity index (χ3v) is 6.28. The van der Waals surface area contributed by atoms with Crippen molar-refractivity contribution in [1.29, 1.82) is 0 Å². The second-order valence-corrected chi connectivity index (χ2v) is 8.89. The quantitative estimate of drug-likeness (QED) is 0.663. The summed E-state index contributed by atoms with van der Waals surface area (Å²) in [6.45, 7) is 7.74. The first-order chi connectivity index (χ1) is 12.8. The maximum absolute atomic E-state index is 12.9. The minimum absolute atomic E-state index is 0.106. The lowest BCUT2D eigenvalue weighted by molar-refractivity contribution is 0.0948. The van der Waals surface area contributed by atoms with E-state index in [-0.39, 0.29) is 16.8 Å². The van der Waals surface area contributed by atoms with Crippen LogP contribution >= 0.6 is 0 Å². The number of carbonyl (C=O) groups is 1. The van der Waals surface area contributed by atoms with E-state index in [9.17, 15) is 13.2 Å². The van der Waals surface area contributed by atoms with Crippen LogP contribution in [0.3, 0.4) is 0 Å². The van der Waals surface area contributed by atoms with Crippen LogP contribution in [-0.4, -0.2) is 78.2 Å². The first kappa shape index (κ1) is 21.6. The van der Waals surface area contributed by atoms with Gasteiger partial charge in [0.2, 0.25) is 10.0 Å². The topological polar surface area (TPSA) is 91.0 Å². The Bertz CT molecular complexity index is 746. The van der Waals surface area contributed by atoms with Gasteiger partial charge in [-0.15, -0.1) is 0 Å². The van der Waals surface area contributed by atoms with Crippen molar-refractivity contribution >= 4 is 21.6 Å². The number of morpholine rings is 1. The van der Waals surface area contributed by atoms with Crippen LogP contribution in [0.4, 0.5) is 5.69 Å². The highest BCUT2D eigenvalue weighted by atomic mass is 32.2. The summed E-state index contributed by atoms with van der Waals surface area (Å²) in [5, 5.41) is 6.14. The van der Waals surface area contributed by atoms with Gasteiger partial charge in [0.15, 0.2) is 0 Å². The molecule has 2 N–H and O–H groups in total. The van der Waals surface area contributed by atoms with E-state index >= 15 is 0 Å². The van der Waals surface area contributed by atoms with Crippen LogP contribution in [0.25, 0.3) is 0 Å². The van der Waals surface area contributed by atoms with Crippen LogP contribution in [-0.2, 0) is 14.8 Å². The Morgan fingerprint density at radius 1 is 1.30 bits per heavy atom. The van der Waals surface area contributed by atoms with Gasteiger partial charge in [0, 0.05) is 45.5 Å². The Labute approximate surface area is 161 Å². The molecule has 1 atom stereocenters. The molecule has 8 nitrogen and oxygen atoms in total. The van der Waals surface area contributed by atoms with Gasteiger partial charge in [0.25, 0.3) is 5.91 Å². The van der Waals surface area contributed by atoms with Crippen LogP contribution in [0.2, 0.25) is 0 Å². The molecule has 0 bridgehead atoms. The van der Waals surface area contributed by atoms with Crippen molar-refractivity contribution in [3.05, 3.63) is 23.8 Å². The Morgan fingerprint density at radius 3 is 2.56 bits per heavy atom. The van der Waals surface area contributed by atoms with E-state index < -0.39 is 10.0 Å². The number of carbonyl (C=O) groups excluding carboxylic acids is 1. The van der Waals surface area contributed by atoms with Gasteiger partial charge in [-0.3, -0.25) is 4.79 Å². The maximum atomic E-state index is 12.9. The van der Waals surface area contributed by atoms with Gasteiger partial charge in [-0.05, 0) is 31.7 Å². The Morgan fingerprint density at radius 2 is 1.96 bits per heavy atom. The zero-order valence-corrected chi connectivity index (χ0v) is 17.3. The highest BCUT2D eigenvalue weighted by molar-refractivity contribution is 7.89. The van der Waals surface area contributed by atoms with Crippen LogP contribution in [0.15, 0.2) is 23.1 Å². The number of benzene rings is 1. The molecule has 1 amide bonds. The Hall–Kier alpha value is -1.68. The molecule has 1 saturated heterocycles. The molecule has 0 spiro atoms. The number of nitrogens with one attached hydrogen (secondary N) is 2. The van der Waals surface area contributed by atoms with Crippen molar-refractivity contribution in [3.8, 4) is 0 Å². The third kappa shape index (κ3) is 5.41. The summed E-state index contributed by atoms with van der Waals surface area (Å²) < 4.78 is 31.5. The highest BCUT2D eigenvalue weighted by Crippen LogP contribution is 2.26. The van der Waals surface area contributed by atoms with Gasteiger partial charge in [-0.2, -0.15) is 0 Å². The number of hydrogen-bond donors (Lipinski definition) is 2. The molecule has 0 saturated carbocycles. The standard InChI is InChI=1S/C18H30N4O4S/c1-5-19-14(2)13-20-18(23)16-12-15(27(24,25)21(3)4)6-7-17(16)22-8-10-26-11-9-22/h6-7,12,14,19H,5,8-11,13H2,1-4H3,(H,20,23)/t14-/m1/s1. The smallest absolute Gasteiger partial charge is 0.253 e. The predicted molar refractivity (Wildman–Crippen MR) is 106 cm³/mol. The largest absolute Gasteiger partial charge is 0.378 e. The van der Waals surface area contributed by atoms with Crippen LogP contribution in [0.1, 0.15) is 24.2 Å². The van der Waals surface area contributed by atoms with Crippen LogP contribution < -0.4 is 15.5 Å². The average molecular weight is 399 g/mol. The Kier molecular flexibility index (Phi) is 7.60. The molecular weight excluding hydrogens is 368 g/mol. The van der Waals surface area contributed by atoms with Crippen LogP contribution in [0, 0.1) is 0 Å². The summed E-state index contributed by atoms with van der Waals surface area (Å²) in [4.78, 5) is 15.0. The summed E-state index contributed by atoms with van der Waals surface area (Å²) in [6, 6.07) is 4.86. The van der Waals surface area contributed by atoms with Gasteiger partial charge in [0.1, 0.15) is 0 Å².